The zero-order valence-electron chi connectivity index (χ0n) is 15.4. The average molecular weight is 393 g/mol. The second-order valence-electron chi connectivity index (χ2n) is 6.50. The van der Waals surface area contributed by atoms with Gasteiger partial charge >= 0.3 is 18.1 Å². The number of benzene rings is 2. The number of alkyl halides is 3. The predicted molar refractivity (Wildman–Crippen MR) is 98.4 cm³/mol. The molecule has 1 N–H and O–H groups in total. The highest BCUT2D eigenvalue weighted by atomic mass is 19.4. The number of nitrogens with one attached hydrogen (secondary N) is 1. The fourth-order valence-electron chi connectivity index (χ4n) is 3.03. The maximum Gasteiger partial charge on any atom is 0.471 e. The first-order valence-corrected chi connectivity index (χ1v) is 8.83. The van der Waals surface area contributed by atoms with Gasteiger partial charge in [-0.3, -0.25) is 9.59 Å². The first-order valence-electron chi connectivity index (χ1n) is 8.83. The quantitative estimate of drug-likeness (QED) is 0.696. The Morgan fingerprint density at radius 1 is 0.929 bits per heavy atom. The highest BCUT2D eigenvalue weighted by Gasteiger charge is 2.40. The van der Waals surface area contributed by atoms with Gasteiger partial charge in [-0.1, -0.05) is 60.7 Å². The molecule has 2 aromatic rings. The van der Waals surface area contributed by atoms with Crippen LogP contribution in [0.15, 0.2) is 60.7 Å². The van der Waals surface area contributed by atoms with Gasteiger partial charge in [0.2, 0.25) is 0 Å². The van der Waals surface area contributed by atoms with Crippen LogP contribution in [-0.2, 0) is 27.2 Å². The van der Waals surface area contributed by atoms with Crippen molar-refractivity contribution in [2.24, 2.45) is 5.92 Å². The Kier molecular flexibility index (Phi) is 7.61. The predicted octanol–water partition coefficient (Wildman–Crippen LogP) is 3.70. The lowest BCUT2D eigenvalue weighted by atomic mass is 9.90. The van der Waals surface area contributed by atoms with Crippen molar-refractivity contribution in [3.8, 4) is 0 Å². The van der Waals surface area contributed by atoms with Crippen molar-refractivity contribution >= 4 is 11.9 Å². The highest BCUT2D eigenvalue weighted by Crippen LogP contribution is 2.21. The summed E-state index contributed by atoms with van der Waals surface area (Å²) in [5.41, 5.74) is 1.62. The SMILES string of the molecule is COC(=O)[C@@H](Cc1ccccc1)C[C@H](Cc1ccccc1)NC(=O)C(F)(F)F. The molecular weight excluding hydrogens is 371 g/mol. The van der Waals surface area contributed by atoms with E-state index in [0.717, 1.165) is 11.1 Å². The summed E-state index contributed by atoms with van der Waals surface area (Å²) in [6.45, 7) is 0. The number of rotatable bonds is 8. The minimum Gasteiger partial charge on any atom is -0.469 e. The number of esters is 1. The molecule has 0 bridgehead atoms. The molecule has 0 aromatic heterocycles. The molecular formula is C21H22F3NO3. The molecule has 0 fully saturated rings. The maximum atomic E-state index is 12.8. The van der Waals surface area contributed by atoms with E-state index in [2.05, 4.69) is 0 Å². The molecule has 0 radical (unpaired) electrons. The smallest absolute Gasteiger partial charge is 0.469 e. The van der Waals surface area contributed by atoms with E-state index in [9.17, 15) is 22.8 Å². The zero-order valence-corrected chi connectivity index (χ0v) is 15.4. The van der Waals surface area contributed by atoms with Crippen LogP contribution in [0.4, 0.5) is 13.2 Å². The van der Waals surface area contributed by atoms with Crippen LogP contribution in [0.1, 0.15) is 17.5 Å². The molecule has 0 heterocycles. The van der Waals surface area contributed by atoms with Crippen LogP contribution < -0.4 is 5.32 Å². The van der Waals surface area contributed by atoms with Crippen molar-refractivity contribution in [3.05, 3.63) is 71.8 Å². The first-order chi connectivity index (χ1) is 13.3. The van der Waals surface area contributed by atoms with Gasteiger partial charge in [-0.25, -0.2) is 0 Å². The summed E-state index contributed by atoms with van der Waals surface area (Å²) in [6, 6.07) is 17.1. The summed E-state index contributed by atoms with van der Waals surface area (Å²) in [7, 11) is 1.24. The van der Waals surface area contributed by atoms with Gasteiger partial charge in [-0.05, 0) is 30.4 Å². The molecule has 0 unspecified atom stereocenters. The van der Waals surface area contributed by atoms with E-state index in [1.165, 1.54) is 7.11 Å². The fraction of sp³-hybridized carbons (Fsp3) is 0.333. The van der Waals surface area contributed by atoms with E-state index >= 15 is 0 Å². The summed E-state index contributed by atoms with van der Waals surface area (Å²) in [5.74, 6) is -3.23. The number of halogens is 3. The molecule has 0 aliphatic heterocycles. The number of methoxy groups -OCH3 is 1. The zero-order chi connectivity index (χ0) is 20.6. The Bertz CT molecular complexity index is 763. The van der Waals surface area contributed by atoms with Gasteiger partial charge in [0.15, 0.2) is 0 Å². The lowest BCUT2D eigenvalue weighted by Crippen LogP contribution is -2.45. The molecule has 0 saturated carbocycles. The minimum atomic E-state index is -4.99. The molecule has 0 saturated heterocycles. The van der Waals surface area contributed by atoms with Crippen molar-refractivity contribution in [1.29, 1.82) is 0 Å². The molecule has 150 valence electrons. The Morgan fingerprint density at radius 3 is 1.89 bits per heavy atom. The average Bonchev–Trinajstić information content (AvgIpc) is 2.67. The number of hydrogen-bond acceptors (Lipinski definition) is 3. The van der Waals surface area contributed by atoms with Gasteiger partial charge in [0.1, 0.15) is 0 Å². The Hall–Kier alpha value is -2.83. The molecule has 28 heavy (non-hydrogen) atoms. The lowest BCUT2D eigenvalue weighted by Gasteiger charge is -2.24. The molecule has 0 spiro atoms. The van der Waals surface area contributed by atoms with E-state index in [4.69, 9.17) is 4.74 Å². The van der Waals surface area contributed by atoms with Gasteiger partial charge in [0.25, 0.3) is 0 Å². The number of amides is 1. The van der Waals surface area contributed by atoms with Crippen molar-refractivity contribution in [2.75, 3.05) is 7.11 Å². The Morgan fingerprint density at radius 2 is 1.43 bits per heavy atom. The van der Waals surface area contributed by atoms with E-state index in [-0.39, 0.29) is 12.8 Å². The van der Waals surface area contributed by atoms with E-state index in [1.54, 1.807) is 30.3 Å². The number of carbonyl (C=O) groups excluding carboxylic acids is 2. The van der Waals surface area contributed by atoms with Crippen LogP contribution in [0.3, 0.4) is 0 Å². The third kappa shape index (κ3) is 6.72. The highest BCUT2D eigenvalue weighted by molar-refractivity contribution is 5.82. The monoisotopic (exact) mass is 393 g/mol. The molecule has 7 heteroatoms. The van der Waals surface area contributed by atoms with Crippen molar-refractivity contribution < 1.29 is 27.5 Å². The molecule has 2 rings (SSSR count). The minimum absolute atomic E-state index is 0.0261. The molecule has 2 aromatic carbocycles. The van der Waals surface area contributed by atoms with Crippen molar-refractivity contribution in [3.63, 3.8) is 0 Å². The van der Waals surface area contributed by atoms with Crippen LogP contribution in [0.2, 0.25) is 0 Å². The van der Waals surface area contributed by atoms with Gasteiger partial charge in [0, 0.05) is 6.04 Å². The topological polar surface area (TPSA) is 55.4 Å². The summed E-state index contributed by atoms with van der Waals surface area (Å²) in [5, 5.41) is 2.03. The Balaban J connectivity index is 2.20. The summed E-state index contributed by atoms with van der Waals surface area (Å²) in [6.07, 6.45) is -4.49. The van der Waals surface area contributed by atoms with Gasteiger partial charge in [0.05, 0.1) is 13.0 Å². The standard InChI is InChI=1S/C21H22F3NO3/c1-28-19(26)17(12-15-8-4-2-5-9-15)14-18(25-20(27)21(22,23)24)13-16-10-6-3-7-11-16/h2-11,17-18H,12-14H2,1H3,(H,25,27)/t17-,18-/m0/s1. The second kappa shape index (κ2) is 9.92. The summed E-state index contributed by atoms with van der Waals surface area (Å²) >= 11 is 0. The van der Waals surface area contributed by atoms with E-state index < -0.39 is 30.0 Å². The van der Waals surface area contributed by atoms with Crippen molar-refractivity contribution in [1.82, 2.24) is 5.32 Å². The largest absolute Gasteiger partial charge is 0.471 e. The summed E-state index contributed by atoms with van der Waals surface area (Å²) in [4.78, 5) is 23.7. The first kappa shape index (κ1) is 21.5. The van der Waals surface area contributed by atoms with Crippen LogP contribution in [0, 0.1) is 5.92 Å². The van der Waals surface area contributed by atoms with Gasteiger partial charge in [-0.2, -0.15) is 13.2 Å². The maximum absolute atomic E-state index is 12.8. The molecule has 0 aliphatic carbocycles. The van der Waals surface area contributed by atoms with Crippen molar-refractivity contribution in [2.45, 2.75) is 31.5 Å². The Labute approximate surface area is 161 Å². The summed E-state index contributed by atoms with van der Waals surface area (Å²) < 4.78 is 43.1. The van der Waals surface area contributed by atoms with Crippen LogP contribution in [0.5, 0.6) is 0 Å². The fourth-order valence-corrected chi connectivity index (χ4v) is 3.03. The third-order valence-electron chi connectivity index (χ3n) is 4.35. The third-order valence-corrected chi connectivity index (χ3v) is 4.35. The van der Waals surface area contributed by atoms with Gasteiger partial charge in [-0.15, -0.1) is 0 Å². The second-order valence-corrected chi connectivity index (χ2v) is 6.50. The number of hydrogen-bond donors (Lipinski definition) is 1. The van der Waals surface area contributed by atoms with Gasteiger partial charge < -0.3 is 10.1 Å². The molecule has 1 amide bonds. The van der Waals surface area contributed by atoms with Crippen LogP contribution >= 0.6 is 0 Å². The number of ether oxygens (including phenoxy) is 1. The number of carbonyl (C=O) groups is 2. The van der Waals surface area contributed by atoms with Crippen LogP contribution in [0.25, 0.3) is 0 Å². The van der Waals surface area contributed by atoms with Crippen LogP contribution in [-0.4, -0.2) is 31.2 Å². The molecule has 0 aliphatic rings. The molecule has 2 atom stereocenters. The normalized spacial score (nSPS) is 13.4. The molecule has 4 nitrogen and oxygen atoms in total. The van der Waals surface area contributed by atoms with E-state index in [0.29, 0.717) is 6.42 Å². The van der Waals surface area contributed by atoms with E-state index in [1.807, 2.05) is 35.6 Å². The lowest BCUT2D eigenvalue weighted by molar-refractivity contribution is -0.174.